The van der Waals surface area contributed by atoms with E-state index in [1.165, 1.54) is 276 Å². The molecule has 0 N–H and O–H groups in total. The molecule has 0 saturated heterocycles. The van der Waals surface area contributed by atoms with E-state index in [1.54, 1.807) is 0 Å². The van der Waals surface area contributed by atoms with E-state index in [1.807, 2.05) is 0 Å². The van der Waals surface area contributed by atoms with Crippen LogP contribution >= 0.6 is 0 Å². The number of hydrogen-bond acceptors (Lipinski definition) is 6. The Balaban J connectivity index is 4.23. The van der Waals surface area contributed by atoms with Crippen LogP contribution in [-0.2, 0) is 28.6 Å². The topological polar surface area (TPSA) is 78.9 Å². The largest absolute Gasteiger partial charge is 0.462 e. The van der Waals surface area contributed by atoms with E-state index in [0.29, 0.717) is 19.3 Å². The highest BCUT2D eigenvalue weighted by molar-refractivity contribution is 5.71. The zero-order valence-electron chi connectivity index (χ0n) is 52.7. The summed E-state index contributed by atoms with van der Waals surface area (Å²) < 4.78 is 17.0. The molecule has 1 atom stereocenters. The number of unbranched alkanes of at least 4 members (excludes halogenated alkanes) is 48. The zero-order chi connectivity index (χ0) is 56.4. The van der Waals surface area contributed by atoms with Gasteiger partial charge in [0.1, 0.15) is 13.2 Å². The molecule has 0 heterocycles. The highest BCUT2D eigenvalue weighted by Gasteiger charge is 2.19. The van der Waals surface area contributed by atoms with Crippen molar-refractivity contribution in [2.45, 2.75) is 393 Å². The lowest BCUT2D eigenvalue weighted by molar-refractivity contribution is -0.167. The second-order valence-corrected chi connectivity index (χ2v) is 23.8. The Labute approximate surface area is 486 Å². The smallest absolute Gasteiger partial charge is 0.306 e. The summed E-state index contributed by atoms with van der Waals surface area (Å²) in [5, 5.41) is 0. The van der Waals surface area contributed by atoms with Gasteiger partial charge in [0.15, 0.2) is 6.10 Å². The summed E-state index contributed by atoms with van der Waals surface area (Å²) >= 11 is 0. The summed E-state index contributed by atoms with van der Waals surface area (Å²) in [6.45, 7) is 6.69. The van der Waals surface area contributed by atoms with E-state index in [0.717, 1.165) is 70.6 Å². The second-order valence-electron chi connectivity index (χ2n) is 23.8. The van der Waals surface area contributed by atoms with Crippen molar-refractivity contribution in [3.63, 3.8) is 0 Å². The molecule has 0 spiro atoms. The number of esters is 3. The third-order valence-electron chi connectivity index (χ3n) is 15.9. The zero-order valence-corrected chi connectivity index (χ0v) is 52.7. The van der Waals surface area contributed by atoms with Gasteiger partial charge in [0, 0.05) is 19.3 Å². The minimum Gasteiger partial charge on any atom is -0.462 e. The van der Waals surface area contributed by atoms with Crippen LogP contribution in [0.4, 0.5) is 0 Å². The Bertz CT molecular complexity index is 1300. The minimum absolute atomic E-state index is 0.0695. The Morgan fingerprint density at radius 1 is 0.256 bits per heavy atom. The Kier molecular flexibility index (Phi) is 65.1. The molecule has 0 radical (unpaired) electrons. The molecule has 0 fully saturated rings. The molecule has 0 aromatic carbocycles. The van der Waals surface area contributed by atoms with Gasteiger partial charge in [-0.2, -0.15) is 0 Å². The molecule has 0 saturated carbocycles. The van der Waals surface area contributed by atoms with E-state index in [-0.39, 0.29) is 31.1 Å². The standard InChI is InChI=1S/C72H134O6/c1-4-7-10-13-16-19-22-25-28-30-32-33-34-35-36-37-38-39-41-42-44-47-50-53-56-59-62-65-71(74)77-68-69(67-76-70(73)64-61-58-55-52-49-46-27-24-21-18-15-12-9-6-3)78-72(75)66-63-60-57-54-51-48-45-43-40-31-29-26-23-20-17-14-11-8-5-2/h22,24-25,27,30,32,69H,4-21,23,26,28-29,31,33-68H2,1-3H3/b25-22-,27-24-,32-30-. The quantitative estimate of drug-likeness (QED) is 0.0261. The van der Waals surface area contributed by atoms with E-state index in [4.69, 9.17) is 14.2 Å². The first kappa shape index (κ1) is 75.6. The molecule has 0 amide bonds. The van der Waals surface area contributed by atoms with Crippen LogP contribution in [-0.4, -0.2) is 37.2 Å². The minimum atomic E-state index is -0.773. The van der Waals surface area contributed by atoms with Crippen molar-refractivity contribution in [3.05, 3.63) is 36.5 Å². The lowest BCUT2D eigenvalue weighted by Gasteiger charge is -2.18. The summed E-state index contributed by atoms with van der Waals surface area (Å²) in [5.74, 6) is -0.849. The Hall–Kier alpha value is -2.37. The molecule has 0 aromatic rings. The fourth-order valence-electron chi connectivity index (χ4n) is 10.6. The van der Waals surface area contributed by atoms with Gasteiger partial charge in [-0.25, -0.2) is 0 Å². The van der Waals surface area contributed by atoms with Gasteiger partial charge < -0.3 is 14.2 Å². The number of ether oxygens (including phenoxy) is 3. The van der Waals surface area contributed by atoms with Crippen LogP contribution in [0, 0.1) is 0 Å². The molecule has 0 rings (SSSR count). The van der Waals surface area contributed by atoms with E-state index >= 15 is 0 Å². The molecule has 0 aliphatic carbocycles. The average Bonchev–Trinajstić information content (AvgIpc) is 3.44. The van der Waals surface area contributed by atoms with Crippen molar-refractivity contribution >= 4 is 17.9 Å². The summed E-state index contributed by atoms with van der Waals surface area (Å²) in [4.78, 5) is 38.4. The molecule has 78 heavy (non-hydrogen) atoms. The van der Waals surface area contributed by atoms with Crippen LogP contribution in [0.2, 0.25) is 0 Å². The average molecular weight is 1100 g/mol. The van der Waals surface area contributed by atoms with Gasteiger partial charge in [-0.15, -0.1) is 0 Å². The van der Waals surface area contributed by atoms with Crippen LogP contribution in [0.5, 0.6) is 0 Å². The molecule has 1 unspecified atom stereocenters. The maximum Gasteiger partial charge on any atom is 0.306 e. The van der Waals surface area contributed by atoms with Crippen molar-refractivity contribution in [1.82, 2.24) is 0 Å². The van der Waals surface area contributed by atoms with Gasteiger partial charge in [0.2, 0.25) is 0 Å². The first-order valence-corrected chi connectivity index (χ1v) is 35.0. The highest BCUT2D eigenvalue weighted by atomic mass is 16.6. The first-order chi connectivity index (χ1) is 38.5. The highest BCUT2D eigenvalue weighted by Crippen LogP contribution is 2.18. The van der Waals surface area contributed by atoms with Crippen LogP contribution in [0.1, 0.15) is 387 Å². The molecule has 458 valence electrons. The van der Waals surface area contributed by atoms with Crippen LogP contribution in [0.15, 0.2) is 36.5 Å². The lowest BCUT2D eigenvalue weighted by Crippen LogP contribution is -2.30. The maximum atomic E-state index is 12.9. The molecule has 6 nitrogen and oxygen atoms in total. The lowest BCUT2D eigenvalue weighted by atomic mass is 10.0. The molecule has 6 heteroatoms. The van der Waals surface area contributed by atoms with Crippen LogP contribution in [0.3, 0.4) is 0 Å². The molecular weight excluding hydrogens is 961 g/mol. The molecule has 0 aromatic heterocycles. The summed E-state index contributed by atoms with van der Waals surface area (Å²) in [6, 6.07) is 0. The van der Waals surface area contributed by atoms with Crippen molar-refractivity contribution in [2.24, 2.45) is 0 Å². The second kappa shape index (κ2) is 67.1. The van der Waals surface area contributed by atoms with Gasteiger partial charge >= 0.3 is 17.9 Å². The maximum absolute atomic E-state index is 12.9. The summed E-state index contributed by atoms with van der Waals surface area (Å²) in [6.07, 6.45) is 83.1. The van der Waals surface area contributed by atoms with Gasteiger partial charge in [-0.1, -0.05) is 327 Å². The van der Waals surface area contributed by atoms with E-state index < -0.39 is 6.10 Å². The Morgan fingerprint density at radius 3 is 0.718 bits per heavy atom. The first-order valence-electron chi connectivity index (χ1n) is 35.0. The summed E-state index contributed by atoms with van der Waals surface area (Å²) in [5.41, 5.74) is 0. The van der Waals surface area contributed by atoms with Crippen molar-refractivity contribution in [3.8, 4) is 0 Å². The monoisotopic (exact) mass is 1100 g/mol. The van der Waals surface area contributed by atoms with Gasteiger partial charge in [-0.3, -0.25) is 14.4 Å². The van der Waals surface area contributed by atoms with Crippen LogP contribution < -0.4 is 0 Å². The Morgan fingerprint density at radius 2 is 0.462 bits per heavy atom. The van der Waals surface area contributed by atoms with E-state index in [2.05, 4.69) is 57.2 Å². The predicted molar refractivity (Wildman–Crippen MR) is 339 cm³/mol. The fraction of sp³-hybridized carbons (Fsp3) is 0.875. The van der Waals surface area contributed by atoms with Crippen LogP contribution in [0.25, 0.3) is 0 Å². The molecule has 0 bridgehead atoms. The SMILES string of the molecule is CCCCCCC/C=C\C/C=C\CCCCCCCCCCCCCCCCCC(=O)OCC(COC(=O)CCCCCCC/C=C\CCCCCCC)OC(=O)CCCCCCCCCCCCCCCCCCCCC. The number of rotatable bonds is 65. The number of hydrogen-bond donors (Lipinski definition) is 0. The predicted octanol–water partition coefficient (Wildman–Crippen LogP) is 23.9. The van der Waals surface area contributed by atoms with Gasteiger partial charge in [0.05, 0.1) is 0 Å². The third-order valence-corrected chi connectivity index (χ3v) is 15.9. The van der Waals surface area contributed by atoms with Crippen molar-refractivity contribution in [2.75, 3.05) is 13.2 Å². The molecule has 0 aliphatic heterocycles. The summed E-state index contributed by atoms with van der Waals surface area (Å²) in [7, 11) is 0. The third kappa shape index (κ3) is 64.5. The number of allylic oxidation sites excluding steroid dienone is 6. The van der Waals surface area contributed by atoms with Gasteiger partial charge in [-0.05, 0) is 77.0 Å². The fourth-order valence-corrected chi connectivity index (χ4v) is 10.6. The van der Waals surface area contributed by atoms with E-state index in [9.17, 15) is 14.4 Å². The van der Waals surface area contributed by atoms with Gasteiger partial charge in [0.25, 0.3) is 0 Å². The normalized spacial score (nSPS) is 12.2. The number of carbonyl (C=O) groups excluding carboxylic acids is 3. The number of carbonyl (C=O) groups is 3. The van der Waals surface area contributed by atoms with Crippen molar-refractivity contribution < 1.29 is 28.6 Å². The molecule has 0 aliphatic rings. The van der Waals surface area contributed by atoms with Crippen molar-refractivity contribution in [1.29, 1.82) is 0 Å². The molecular formula is C72H134O6.